The molecule has 1 aliphatic carbocycles. The number of carbonyl (C=O) groups is 4. The molecule has 1 unspecified atom stereocenters. The van der Waals surface area contributed by atoms with Crippen LogP contribution in [0.15, 0.2) is 46.6 Å². The Balaban J connectivity index is 1.80. The van der Waals surface area contributed by atoms with Gasteiger partial charge in [-0.15, -0.1) is 0 Å². The van der Waals surface area contributed by atoms with Gasteiger partial charge in [-0.05, 0) is 5.41 Å². The van der Waals surface area contributed by atoms with Crippen molar-refractivity contribution in [2.75, 3.05) is 12.4 Å². The summed E-state index contributed by atoms with van der Waals surface area (Å²) in [4.78, 5) is 51.4. The average molecular weight is 422 g/mol. The van der Waals surface area contributed by atoms with Gasteiger partial charge < -0.3 is 14.6 Å². The minimum Gasteiger partial charge on any atom is -0.466 e. The van der Waals surface area contributed by atoms with Gasteiger partial charge in [-0.25, -0.2) is 4.79 Å². The fraction of sp³-hybridized carbons (Fsp3) is 0.348. The van der Waals surface area contributed by atoms with E-state index in [1.165, 1.54) is 13.3 Å². The van der Waals surface area contributed by atoms with Crippen molar-refractivity contribution in [2.24, 2.45) is 11.3 Å². The summed E-state index contributed by atoms with van der Waals surface area (Å²) in [6, 6.07) is 8.52. The highest BCUT2D eigenvalue weighted by molar-refractivity contribution is 6.12. The molecule has 2 aromatic rings. The number of aromatic nitrogens is 1. The molecule has 1 saturated carbocycles. The molecule has 4 rings (SSSR count). The van der Waals surface area contributed by atoms with E-state index < -0.39 is 29.0 Å². The summed E-state index contributed by atoms with van der Waals surface area (Å²) in [5.74, 6) is -3.77. The van der Waals surface area contributed by atoms with E-state index in [9.17, 15) is 19.2 Å². The van der Waals surface area contributed by atoms with Crippen LogP contribution < -0.4 is 5.32 Å². The van der Waals surface area contributed by atoms with E-state index in [1.54, 1.807) is 30.3 Å². The number of rotatable bonds is 4. The van der Waals surface area contributed by atoms with Gasteiger partial charge in [0.2, 0.25) is 11.5 Å². The molecular formula is C23H22N2O6. The first kappa shape index (κ1) is 20.7. The Bertz CT molecular complexity index is 1090. The van der Waals surface area contributed by atoms with Crippen LogP contribution in [-0.2, 0) is 19.1 Å². The fourth-order valence-corrected chi connectivity index (χ4v) is 4.34. The molecule has 0 spiro atoms. The monoisotopic (exact) mass is 422 g/mol. The zero-order chi connectivity index (χ0) is 22.3. The first-order valence-corrected chi connectivity index (χ1v) is 9.93. The van der Waals surface area contributed by atoms with E-state index in [0.717, 1.165) is 0 Å². The Labute approximate surface area is 178 Å². The van der Waals surface area contributed by atoms with Crippen molar-refractivity contribution in [2.45, 2.75) is 32.6 Å². The fourth-order valence-electron chi connectivity index (χ4n) is 4.34. The molecule has 1 aliphatic heterocycles. The van der Waals surface area contributed by atoms with Gasteiger partial charge in [-0.3, -0.25) is 14.4 Å². The number of ketones is 3. The lowest BCUT2D eigenvalue weighted by Crippen LogP contribution is -2.42. The van der Waals surface area contributed by atoms with Crippen molar-refractivity contribution in [3.63, 3.8) is 0 Å². The molecule has 160 valence electrons. The number of carbonyl (C=O) groups excluding carboxylic acids is 4. The Morgan fingerprint density at radius 2 is 1.74 bits per heavy atom. The Kier molecular flexibility index (Phi) is 5.08. The second-order valence-electron chi connectivity index (χ2n) is 8.61. The van der Waals surface area contributed by atoms with Gasteiger partial charge in [-0.2, -0.15) is 0 Å². The molecule has 0 amide bonds. The maximum absolute atomic E-state index is 13.0. The summed E-state index contributed by atoms with van der Waals surface area (Å²) in [5.41, 5.74) is 0.460. The molecule has 8 nitrogen and oxygen atoms in total. The molecule has 1 atom stereocenters. The van der Waals surface area contributed by atoms with Crippen molar-refractivity contribution in [1.82, 2.24) is 5.16 Å². The lowest BCUT2D eigenvalue weighted by Gasteiger charge is -2.36. The summed E-state index contributed by atoms with van der Waals surface area (Å²) >= 11 is 0. The smallest absolute Gasteiger partial charge is 0.335 e. The maximum atomic E-state index is 13.0. The van der Waals surface area contributed by atoms with Crippen molar-refractivity contribution >= 4 is 29.0 Å². The van der Waals surface area contributed by atoms with Crippen LogP contribution in [0.25, 0.3) is 0 Å². The topological polar surface area (TPSA) is 116 Å². The van der Waals surface area contributed by atoms with Crippen molar-refractivity contribution in [3.8, 4) is 0 Å². The van der Waals surface area contributed by atoms with E-state index in [1.807, 2.05) is 13.8 Å². The number of anilines is 1. The summed E-state index contributed by atoms with van der Waals surface area (Å²) in [5, 5.41) is 6.90. The molecule has 2 aliphatic rings. The standard InChI is InChI=1S/C23H22N2O6/c1-23(2)9-14(26)17(15(27)10-23)16-13(22(29)30-3)11-24-19-18(16)25-31-21(19)20(28)12-7-5-4-6-8-12/h4-8,11,16-17,24H,9-10H2,1-3H3. The third-order valence-electron chi connectivity index (χ3n) is 5.72. The van der Waals surface area contributed by atoms with E-state index in [4.69, 9.17) is 9.26 Å². The minimum atomic E-state index is -1.09. The van der Waals surface area contributed by atoms with Crippen LogP contribution in [0.3, 0.4) is 0 Å². The van der Waals surface area contributed by atoms with Crippen molar-refractivity contribution in [3.05, 3.63) is 59.1 Å². The number of nitrogens with zero attached hydrogens (tertiary/aromatic N) is 1. The van der Waals surface area contributed by atoms with Crippen LogP contribution in [0.1, 0.15) is 54.4 Å². The van der Waals surface area contributed by atoms with Gasteiger partial charge in [0.15, 0.2) is 0 Å². The number of hydrogen-bond donors (Lipinski definition) is 1. The minimum absolute atomic E-state index is 0.0533. The molecular weight excluding hydrogens is 400 g/mol. The lowest BCUT2D eigenvalue weighted by atomic mass is 9.65. The number of nitrogens with one attached hydrogen (secondary N) is 1. The molecule has 2 heterocycles. The molecule has 0 bridgehead atoms. The Morgan fingerprint density at radius 1 is 1.10 bits per heavy atom. The average Bonchev–Trinajstić information content (AvgIpc) is 3.16. The second kappa shape index (κ2) is 7.61. The van der Waals surface area contributed by atoms with Gasteiger partial charge >= 0.3 is 5.97 Å². The van der Waals surface area contributed by atoms with Gasteiger partial charge in [0.05, 0.1) is 24.5 Å². The molecule has 8 heteroatoms. The van der Waals surface area contributed by atoms with Crippen LogP contribution >= 0.6 is 0 Å². The number of Topliss-reactive ketones (excluding diaryl/α,β-unsaturated/α-hetero) is 2. The summed E-state index contributed by atoms with van der Waals surface area (Å²) < 4.78 is 10.2. The highest BCUT2D eigenvalue weighted by Crippen LogP contribution is 2.46. The molecule has 1 fully saturated rings. The highest BCUT2D eigenvalue weighted by Gasteiger charge is 2.49. The second-order valence-corrected chi connectivity index (χ2v) is 8.61. The molecule has 0 saturated heterocycles. The SMILES string of the molecule is COC(=O)C1=CNc2c(noc2C(=O)c2ccccc2)C1C1C(=O)CC(C)(C)CC1=O. The van der Waals surface area contributed by atoms with Crippen LogP contribution in [0.5, 0.6) is 0 Å². The predicted octanol–water partition coefficient (Wildman–Crippen LogP) is 3.05. The predicted molar refractivity (Wildman–Crippen MR) is 109 cm³/mol. The van der Waals surface area contributed by atoms with Crippen LogP contribution in [0.2, 0.25) is 0 Å². The van der Waals surface area contributed by atoms with E-state index in [2.05, 4.69) is 10.5 Å². The largest absolute Gasteiger partial charge is 0.466 e. The van der Waals surface area contributed by atoms with Crippen LogP contribution in [0.4, 0.5) is 5.69 Å². The summed E-state index contributed by atoms with van der Waals surface area (Å²) in [6.07, 6.45) is 1.76. The number of ether oxygens (including phenoxy) is 1. The third-order valence-corrected chi connectivity index (χ3v) is 5.72. The van der Waals surface area contributed by atoms with Gasteiger partial charge in [0, 0.05) is 24.6 Å². The quantitative estimate of drug-likeness (QED) is 0.454. The highest BCUT2D eigenvalue weighted by atomic mass is 16.5. The number of hydrogen-bond acceptors (Lipinski definition) is 8. The first-order chi connectivity index (χ1) is 14.7. The van der Waals surface area contributed by atoms with E-state index in [-0.39, 0.29) is 47.1 Å². The summed E-state index contributed by atoms with van der Waals surface area (Å²) in [6.45, 7) is 3.72. The molecule has 31 heavy (non-hydrogen) atoms. The maximum Gasteiger partial charge on any atom is 0.335 e. The number of esters is 1. The van der Waals surface area contributed by atoms with Gasteiger partial charge in [0.1, 0.15) is 22.9 Å². The molecule has 1 aromatic heterocycles. The molecule has 0 radical (unpaired) electrons. The van der Waals surface area contributed by atoms with Crippen LogP contribution in [-0.4, -0.2) is 35.6 Å². The first-order valence-electron chi connectivity index (χ1n) is 9.93. The lowest BCUT2D eigenvalue weighted by molar-refractivity contribution is -0.141. The number of benzene rings is 1. The number of fused-ring (bicyclic) bond motifs is 1. The van der Waals surface area contributed by atoms with Crippen LogP contribution in [0, 0.1) is 11.3 Å². The Hall–Kier alpha value is -3.55. The van der Waals surface area contributed by atoms with Crippen molar-refractivity contribution < 1.29 is 28.4 Å². The van der Waals surface area contributed by atoms with Gasteiger partial charge in [-0.1, -0.05) is 49.3 Å². The molecule has 1 aromatic carbocycles. The van der Waals surface area contributed by atoms with E-state index >= 15 is 0 Å². The molecule has 1 N–H and O–H groups in total. The van der Waals surface area contributed by atoms with Gasteiger partial charge in [0.25, 0.3) is 0 Å². The Morgan fingerprint density at radius 3 is 2.35 bits per heavy atom. The van der Waals surface area contributed by atoms with Crippen molar-refractivity contribution in [1.29, 1.82) is 0 Å². The zero-order valence-electron chi connectivity index (χ0n) is 17.4. The van der Waals surface area contributed by atoms with E-state index in [0.29, 0.717) is 5.56 Å². The zero-order valence-corrected chi connectivity index (χ0v) is 17.4. The normalized spacial score (nSPS) is 20.5. The number of methoxy groups -OCH3 is 1. The third kappa shape index (κ3) is 3.58. The summed E-state index contributed by atoms with van der Waals surface area (Å²) in [7, 11) is 1.22.